The van der Waals surface area contributed by atoms with Gasteiger partial charge >= 0.3 is 11.3 Å². The van der Waals surface area contributed by atoms with Gasteiger partial charge in [0.25, 0.3) is 0 Å². The van der Waals surface area contributed by atoms with Crippen molar-refractivity contribution >= 4 is 23.0 Å². The molecule has 0 saturated carbocycles. The van der Waals surface area contributed by atoms with Crippen LogP contribution in [0, 0.1) is 0 Å². The number of hydrogen-bond donors (Lipinski definition) is 0. The molecule has 0 radical (unpaired) electrons. The number of hydrogen-bond acceptors (Lipinski definition) is 5. The van der Waals surface area contributed by atoms with Crippen LogP contribution in [0.25, 0.3) is 0 Å². The van der Waals surface area contributed by atoms with Gasteiger partial charge in [-0.3, -0.25) is 4.79 Å². The molecule has 0 N–H and O–H groups in total. The third kappa shape index (κ3) is 4.79. The second-order valence-corrected chi connectivity index (χ2v) is 4.35. The normalized spacial score (nSPS) is 9.89. The molecule has 0 amide bonds. The summed E-state index contributed by atoms with van der Waals surface area (Å²) in [5.41, 5.74) is 0.772. The molecule has 0 aliphatic heterocycles. The zero-order valence-corrected chi connectivity index (χ0v) is 11.3. The van der Waals surface area contributed by atoms with E-state index in [9.17, 15) is 9.59 Å². The summed E-state index contributed by atoms with van der Waals surface area (Å²) in [4.78, 5) is 23.6. The van der Waals surface area contributed by atoms with E-state index in [1.807, 2.05) is 12.1 Å². The Hall–Kier alpha value is -1.49. The number of ether oxygens (including phenoxy) is 2. The highest BCUT2D eigenvalue weighted by Crippen LogP contribution is 2.25. The first-order valence-electron chi connectivity index (χ1n) is 5.75. The van der Waals surface area contributed by atoms with Gasteiger partial charge in [0.05, 0.1) is 19.6 Å². The molecule has 4 nitrogen and oxygen atoms in total. The van der Waals surface area contributed by atoms with Gasteiger partial charge in [-0.15, -0.1) is 0 Å². The first-order chi connectivity index (χ1) is 8.67. The fourth-order valence-corrected chi connectivity index (χ4v) is 2.13. The monoisotopic (exact) mass is 268 g/mol. The molecule has 0 bridgehead atoms. The summed E-state index contributed by atoms with van der Waals surface area (Å²) in [5.74, 6) is -0.297. The van der Waals surface area contributed by atoms with Crippen molar-refractivity contribution in [2.45, 2.75) is 25.2 Å². The van der Waals surface area contributed by atoms with E-state index in [2.05, 4.69) is 0 Å². The zero-order chi connectivity index (χ0) is 13.4. The summed E-state index contributed by atoms with van der Waals surface area (Å²) in [6.45, 7) is 4.21. The van der Waals surface area contributed by atoms with Crippen molar-refractivity contribution in [3.05, 3.63) is 29.8 Å². The van der Waals surface area contributed by atoms with Gasteiger partial charge in [0.2, 0.25) is 0 Å². The zero-order valence-electron chi connectivity index (χ0n) is 10.5. The Labute approximate surface area is 111 Å². The van der Waals surface area contributed by atoms with Gasteiger partial charge < -0.3 is 9.47 Å². The summed E-state index contributed by atoms with van der Waals surface area (Å²) >= 11 is 0.986. The van der Waals surface area contributed by atoms with Gasteiger partial charge in [-0.1, -0.05) is 18.2 Å². The Morgan fingerprint density at radius 3 is 2.44 bits per heavy atom. The quantitative estimate of drug-likeness (QED) is 0.607. The minimum absolute atomic E-state index is 0.163. The van der Waals surface area contributed by atoms with Crippen LogP contribution in [0.5, 0.6) is 0 Å². The lowest BCUT2D eigenvalue weighted by Gasteiger charge is -2.07. The third-order valence-corrected chi connectivity index (χ3v) is 2.97. The van der Waals surface area contributed by atoms with Crippen LogP contribution >= 0.6 is 11.8 Å². The first-order valence-corrected chi connectivity index (χ1v) is 6.57. The summed E-state index contributed by atoms with van der Waals surface area (Å²) in [6.07, 6.45) is 0.163. The van der Waals surface area contributed by atoms with Crippen LogP contribution in [-0.4, -0.2) is 24.5 Å². The van der Waals surface area contributed by atoms with Crippen LogP contribution < -0.4 is 0 Å². The largest absolute Gasteiger partial charge is 0.466 e. The highest BCUT2D eigenvalue weighted by atomic mass is 32.2. The summed E-state index contributed by atoms with van der Waals surface area (Å²) in [5, 5.41) is -0.367. The third-order valence-electron chi connectivity index (χ3n) is 2.07. The predicted molar refractivity (Wildman–Crippen MR) is 69.7 cm³/mol. The SMILES string of the molecule is CCOC(=O)Cc1ccccc1SC(=O)OCC. The fraction of sp³-hybridized carbons (Fsp3) is 0.385. The van der Waals surface area contributed by atoms with Crippen molar-refractivity contribution in [3.63, 3.8) is 0 Å². The minimum Gasteiger partial charge on any atom is -0.466 e. The number of rotatable bonds is 5. The smallest absolute Gasteiger partial charge is 0.372 e. The van der Waals surface area contributed by atoms with E-state index in [-0.39, 0.29) is 17.7 Å². The van der Waals surface area contributed by atoms with Crippen molar-refractivity contribution in [2.24, 2.45) is 0 Å². The average molecular weight is 268 g/mol. The van der Waals surface area contributed by atoms with Crippen LogP contribution in [0.1, 0.15) is 19.4 Å². The summed E-state index contributed by atoms with van der Waals surface area (Å²) < 4.78 is 9.75. The van der Waals surface area contributed by atoms with Crippen LogP contribution in [-0.2, 0) is 20.7 Å². The van der Waals surface area contributed by atoms with Crippen LogP contribution in [0.4, 0.5) is 4.79 Å². The number of esters is 1. The average Bonchev–Trinajstić information content (AvgIpc) is 2.32. The molecule has 0 saturated heterocycles. The standard InChI is InChI=1S/C13H16O4S/c1-3-16-12(14)9-10-7-5-6-8-11(10)18-13(15)17-4-2/h5-8H,3-4,9H2,1-2H3. The van der Waals surface area contributed by atoms with Crippen LogP contribution in [0.3, 0.4) is 0 Å². The van der Waals surface area contributed by atoms with Gasteiger partial charge in [0.15, 0.2) is 0 Å². The van der Waals surface area contributed by atoms with Gasteiger partial charge in [0.1, 0.15) is 0 Å². The van der Waals surface area contributed by atoms with E-state index in [0.717, 1.165) is 22.2 Å². The summed E-state index contributed by atoms with van der Waals surface area (Å²) in [7, 11) is 0. The lowest BCUT2D eigenvalue weighted by molar-refractivity contribution is -0.142. The molecule has 18 heavy (non-hydrogen) atoms. The Morgan fingerprint density at radius 2 is 1.78 bits per heavy atom. The predicted octanol–water partition coefficient (Wildman–Crippen LogP) is 3.04. The van der Waals surface area contributed by atoms with E-state index in [1.54, 1.807) is 26.0 Å². The molecule has 1 rings (SSSR count). The van der Waals surface area contributed by atoms with E-state index in [1.165, 1.54) is 0 Å². The Bertz CT molecular complexity index is 378. The topological polar surface area (TPSA) is 52.6 Å². The van der Waals surface area contributed by atoms with E-state index >= 15 is 0 Å². The van der Waals surface area contributed by atoms with E-state index < -0.39 is 0 Å². The molecule has 1 aromatic carbocycles. The van der Waals surface area contributed by atoms with Crippen molar-refractivity contribution in [1.82, 2.24) is 0 Å². The lowest BCUT2D eigenvalue weighted by Crippen LogP contribution is -2.08. The minimum atomic E-state index is -0.367. The number of carbonyl (C=O) groups is 2. The maximum absolute atomic E-state index is 11.4. The highest BCUT2D eigenvalue weighted by Gasteiger charge is 2.12. The Kier molecular flexibility index (Phi) is 6.28. The Morgan fingerprint density at radius 1 is 1.11 bits per heavy atom. The van der Waals surface area contributed by atoms with Gasteiger partial charge in [0, 0.05) is 4.90 Å². The maximum atomic E-state index is 11.4. The lowest BCUT2D eigenvalue weighted by atomic mass is 10.1. The molecular formula is C13H16O4S. The molecule has 0 unspecified atom stereocenters. The van der Waals surface area contributed by atoms with Crippen molar-refractivity contribution < 1.29 is 19.1 Å². The second-order valence-electron chi connectivity index (χ2n) is 3.37. The van der Waals surface area contributed by atoms with Crippen molar-refractivity contribution in [1.29, 1.82) is 0 Å². The molecule has 5 heteroatoms. The molecule has 0 spiro atoms. The first kappa shape index (κ1) is 14.6. The summed E-state index contributed by atoms with van der Waals surface area (Å²) in [6, 6.07) is 7.23. The number of thioether (sulfide) groups is 1. The van der Waals surface area contributed by atoms with Gasteiger partial charge in [-0.2, -0.15) is 0 Å². The van der Waals surface area contributed by atoms with E-state index in [4.69, 9.17) is 9.47 Å². The molecule has 0 heterocycles. The molecule has 1 aromatic rings. The second kappa shape index (κ2) is 7.76. The molecule has 0 fully saturated rings. The van der Waals surface area contributed by atoms with Gasteiger partial charge in [-0.25, -0.2) is 4.79 Å². The van der Waals surface area contributed by atoms with Gasteiger partial charge in [-0.05, 0) is 37.2 Å². The molecule has 0 atom stereocenters. The van der Waals surface area contributed by atoms with Crippen LogP contribution in [0.2, 0.25) is 0 Å². The van der Waals surface area contributed by atoms with E-state index in [0.29, 0.717) is 13.2 Å². The molecular weight excluding hydrogens is 252 g/mol. The number of carbonyl (C=O) groups excluding carboxylic acids is 2. The van der Waals surface area contributed by atoms with Crippen LogP contribution in [0.15, 0.2) is 29.2 Å². The molecule has 0 aliphatic rings. The maximum Gasteiger partial charge on any atom is 0.372 e. The van der Waals surface area contributed by atoms with Crippen molar-refractivity contribution in [2.75, 3.05) is 13.2 Å². The fourth-order valence-electron chi connectivity index (χ4n) is 1.35. The Balaban J connectivity index is 2.73. The molecule has 0 aliphatic carbocycles. The molecule has 0 aromatic heterocycles. The highest BCUT2D eigenvalue weighted by molar-refractivity contribution is 8.13. The number of benzene rings is 1. The molecule has 98 valence electrons. The van der Waals surface area contributed by atoms with Crippen molar-refractivity contribution in [3.8, 4) is 0 Å².